The van der Waals surface area contributed by atoms with Gasteiger partial charge < -0.3 is 11.1 Å². The van der Waals surface area contributed by atoms with E-state index in [4.69, 9.17) is 17.3 Å². The first-order valence-corrected chi connectivity index (χ1v) is 6.17. The maximum atomic E-state index is 11.8. The van der Waals surface area contributed by atoms with E-state index in [2.05, 4.69) is 19.2 Å². The van der Waals surface area contributed by atoms with Crippen molar-refractivity contribution in [2.75, 3.05) is 18.8 Å². The molecule has 1 rings (SSSR count). The Morgan fingerprint density at radius 1 is 1.47 bits per heavy atom. The first-order chi connectivity index (χ1) is 8.00. The molecule has 0 radical (unpaired) electrons. The molecule has 0 spiro atoms. The summed E-state index contributed by atoms with van der Waals surface area (Å²) in [5, 5.41) is 3.61. The fraction of sp³-hybridized carbons (Fsp3) is 0.462. The standard InChI is InChI=1S/C13H19ClN2O/c1-9(2)5-6-16-8-13(17)10-3-4-11(14)12(15)7-10/h3-4,7,9,16H,5-6,8,15H2,1-2H3. The van der Waals surface area contributed by atoms with Crippen LogP contribution in [0.15, 0.2) is 18.2 Å². The molecule has 0 bridgehead atoms. The lowest BCUT2D eigenvalue weighted by Crippen LogP contribution is -2.24. The summed E-state index contributed by atoms with van der Waals surface area (Å²) < 4.78 is 0. The van der Waals surface area contributed by atoms with Crippen LogP contribution in [0.25, 0.3) is 0 Å². The zero-order valence-electron chi connectivity index (χ0n) is 10.3. The minimum absolute atomic E-state index is 0.0390. The number of nitrogens with one attached hydrogen (secondary N) is 1. The van der Waals surface area contributed by atoms with Gasteiger partial charge in [0, 0.05) is 5.56 Å². The molecule has 0 amide bonds. The maximum absolute atomic E-state index is 11.8. The summed E-state index contributed by atoms with van der Waals surface area (Å²) in [6, 6.07) is 4.97. The maximum Gasteiger partial charge on any atom is 0.176 e. The summed E-state index contributed by atoms with van der Waals surface area (Å²) in [7, 11) is 0. The van der Waals surface area contributed by atoms with Gasteiger partial charge in [0.25, 0.3) is 0 Å². The molecule has 4 heteroatoms. The molecule has 0 unspecified atom stereocenters. The predicted molar refractivity (Wildman–Crippen MR) is 72.5 cm³/mol. The van der Waals surface area contributed by atoms with Gasteiger partial charge in [-0.2, -0.15) is 0 Å². The summed E-state index contributed by atoms with van der Waals surface area (Å²) >= 11 is 5.80. The van der Waals surface area contributed by atoms with Gasteiger partial charge in [-0.25, -0.2) is 0 Å². The lowest BCUT2D eigenvalue weighted by Gasteiger charge is -2.07. The van der Waals surface area contributed by atoms with E-state index in [0.717, 1.165) is 13.0 Å². The first-order valence-electron chi connectivity index (χ1n) is 5.79. The molecule has 94 valence electrons. The molecule has 0 aromatic heterocycles. The lowest BCUT2D eigenvalue weighted by molar-refractivity contribution is 0.0991. The second-order valence-corrected chi connectivity index (χ2v) is 4.93. The highest BCUT2D eigenvalue weighted by Gasteiger charge is 2.07. The average molecular weight is 255 g/mol. The third-order valence-corrected chi connectivity index (χ3v) is 2.85. The second-order valence-electron chi connectivity index (χ2n) is 4.52. The highest BCUT2D eigenvalue weighted by Crippen LogP contribution is 2.19. The number of ketones is 1. The van der Waals surface area contributed by atoms with Gasteiger partial charge in [0.15, 0.2) is 5.78 Å². The van der Waals surface area contributed by atoms with Crippen LogP contribution in [0.4, 0.5) is 5.69 Å². The molecule has 0 heterocycles. The molecule has 0 saturated heterocycles. The van der Waals surface area contributed by atoms with Crippen molar-refractivity contribution in [2.24, 2.45) is 5.92 Å². The number of nitrogens with two attached hydrogens (primary N) is 1. The Labute approximate surface area is 107 Å². The number of nitrogen functional groups attached to an aromatic ring is 1. The molecule has 1 aromatic rings. The second kappa shape index (κ2) is 6.62. The number of carbonyl (C=O) groups is 1. The van der Waals surface area contributed by atoms with Crippen molar-refractivity contribution in [1.82, 2.24) is 5.32 Å². The number of Topliss-reactive ketones (excluding diaryl/α,β-unsaturated/α-hetero) is 1. The molecule has 0 atom stereocenters. The summed E-state index contributed by atoms with van der Waals surface area (Å²) in [6.07, 6.45) is 1.07. The molecule has 0 aliphatic rings. The normalized spacial score (nSPS) is 10.8. The minimum Gasteiger partial charge on any atom is -0.398 e. The molecule has 0 aliphatic carbocycles. The van der Waals surface area contributed by atoms with Crippen molar-refractivity contribution in [3.05, 3.63) is 28.8 Å². The van der Waals surface area contributed by atoms with Gasteiger partial charge in [0.1, 0.15) is 0 Å². The molecule has 0 fully saturated rings. The molecular formula is C13H19ClN2O. The van der Waals surface area contributed by atoms with Crippen molar-refractivity contribution in [1.29, 1.82) is 0 Å². The highest BCUT2D eigenvalue weighted by atomic mass is 35.5. The monoisotopic (exact) mass is 254 g/mol. The largest absolute Gasteiger partial charge is 0.398 e. The third-order valence-electron chi connectivity index (χ3n) is 2.50. The summed E-state index contributed by atoms with van der Waals surface area (Å²) in [4.78, 5) is 11.8. The Balaban J connectivity index is 2.44. The van der Waals surface area contributed by atoms with Gasteiger partial charge in [0.05, 0.1) is 17.3 Å². The Hall–Kier alpha value is -1.06. The molecule has 3 nitrogen and oxygen atoms in total. The van der Waals surface area contributed by atoms with Crippen LogP contribution in [0, 0.1) is 5.92 Å². The average Bonchev–Trinajstić information content (AvgIpc) is 2.27. The Kier molecular flexibility index (Phi) is 5.45. The first kappa shape index (κ1) is 14.0. The van der Waals surface area contributed by atoms with E-state index in [0.29, 0.717) is 28.7 Å². The van der Waals surface area contributed by atoms with Crippen molar-refractivity contribution in [3.63, 3.8) is 0 Å². The van der Waals surface area contributed by atoms with Crippen molar-refractivity contribution < 1.29 is 4.79 Å². The van der Waals surface area contributed by atoms with Crippen LogP contribution in [0.5, 0.6) is 0 Å². The third kappa shape index (κ3) is 4.75. The van der Waals surface area contributed by atoms with Crippen LogP contribution < -0.4 is 11.1 Å². The van der Waals surface area contributed by atoms with Crippen molar-refractivity contribution in [3.8, 4) is 0 Å². The van der Waals surface area contributed by atoms with E-state index < -0.39 is 0 Å². The van der Waals surface area contributed by atoms with Gasteiger partial charge in [-0.1, -0.05) is 25.4 Å². The number of benzene rings is 1. The molecular weight excluding hydrogens is 236 g/mol. The van der Waals surface area contributed by atoms with E-state index in [-0.39, 0.29) is 5.78 Å². The number of anilines is 1. The highest BCUT2D eigenvalue weighted by molar-refractivity contribution is 6.33. The molecule has 1 aromatic carbocycles. The fourth-order valence-electron chi connectivity index (χ4n) is 1.41. The summed E-state index contributed by atoms with van der Waals surface area (Å²) in [5.74, 6) is 0.681. The van der Waals surface area contributed by atoms with Crippen molar-refractivity contribution >= 4 is 23.1 Å². The smallest absolute Gasteiger partial charge is 0.176 e. The summed E-state index contributed by atoms with van der Waals surface area (Å²) in [6.45, 7) is 5.51. The van der Waals surface area contributed by atoms with E-state index in [1.165, 1.54) is 0 Å². The zero-order chi connectivity index (χ0) is 12.8. The van der Waals surface area contributed by atoms with E-state index in [9.17, 15) is 4.79 Å². The molecule has 17 heavy (non-hydrogen) atoms. The van der Waals surface area contributed by atoms with Gasteiger partial charge in [-0.15, -0.1) is 0 Å². The van der Waals surface area contributed by atoms with Crippen LogP contribution in [-0.4, -0.2) is 18.9 Å². The number of rotatable bonds is 6. The van der Waals surface area contributed by atoms with Crippen LogP contribution in [-0.2, 0) is 0 Å². The number of hydrogen-bond donors (Lipinski definition) is 2. The molecule has 0 aliphatic heterocycles. The molecule has 3 N–H and O–H groups in total. The predicted octanol–water partition coefficient (Wildman–Crippen LogP) is 2.74. The van der Waals surface area contributed by atoms with E-state index >= 15 is 0 Å². The summed E-state index contributed by atoms with van der Waals surface area (Å²) in [5.41, 5.74) is 6.69. The Morgan fingerprint density at radius 2 is 2.18 bits per heavy atom. The number of carbonyl (C=O) groups excluding carboxylic acids is 1. The van der Waals surface area contributed by atoms with Gasteiger partial charge in [-0.3, -0.25) is 4.79 Å². The van der Waals surface area contributed by atoms with Crippen LogP contribution >= 0.6 is 11.6 Å². The van der Waals surface area contributed by atoms with Crippen LogP contribution in [0.1, 0.15) is 30.6 Å². The SMILES string of the molecule is CC(C)CCNCC(=O)c1ccc(Cl)c(N)c1. The lowest BCUT2D eigenvalue weighted by atomic mass is 10.1. The van der Waals surface area contributed by atoms with E-state index in [1.54, 1.807) is 18.2 Å². The van der Waals surface area contributed by atoms with Crippen LogP contribution in [0.3, 0.4) is 0 Å². The fourth-order valence-corrected chi connectivity index (χ4v) is 1.53. The zero-order valence-corrected chi connectivity index (χ0v) is 11.1. The Bertz CT molecular complexity index is 391. The van der Waals surface area contributed by atoms with Gasteiger partial charge in [-0.05, 0) is 37.1 Å². The van der Waals surface area contributed by atoms with E-state index in [1.807, 2.05) is 0 Å². The minimum atomic E-state index is 0.0390. The number of hydrogen-bond acceptors (Lipinski definition) is 3. The quantitative estimate of drug-likeness (QED) is 0.466. The Morgan fingerprint density at radius 3 is 2.76 bits per heavy atom. The number of halogens is 1. The van der Waals surface area contributed by atoms with Gasteiger partial charge >= 0.3 is 0 Å². The topological polar surface area (TPSA) is 55.1 Å². The van der Waals surface area contributed by atoms with Gasteiger partial charge in [0.2, 0.25) is 0 Å². The molecule has 0 saturated carbocycles. The van der Waals surface area contributed by atoms with Crippen molar-refractivity contribution in [2.45, 2.75) is 20.3 Å². The van der Waals surface area contributed by atoms with Crippen LogP contribution in [0.2, 0.25) is 5.02 Å².